The van der Waals surface area contributed by atoms with Crippen LogP contribution < -0.4 is 5.32 Å². The van der Waals surface area contributed by atoms with E-state index in [4.69, 9.17) is 4.74 Å². The number of thiophene rings is 1. The van der Waals surface area contributed by atoms with Crippen LogP contribution in [0.1, 0.15) is 52.6 Å². The van der Waals surface area contributed by atoms with Crippen LogP contribution in [0.5, 0.6) is 0 Å². The van der Waals surface area contributed by atoms with Crippen molar-refractivity contribution in [1.82, 2.24) is 0 Å². The Balaban J connectivity index is 2.32. The number of benzene rings is 1. The van der Waals surface area contributed by atoms with Crippen LogP contribution in [0, 0.1) is 12.8 Å². The van der Waals surface area contributed by atoms with Gasteiger partial charge in [0.2, 0.25) is 0 Å². The molecule has 0 spiro atoms. The van der Waals surface area contributed by atoms with Gasteiger partial charge in [0.15, 0.2) is 0 Å². The average Bonchev–Trinajstić information content (AvgIpc) is 2.89. The summed E-state index contributed by atoms with van der Waals surface area (Å²) in [4.78, 5) is 24.9. The van der Waals surface area contributed by atoms with Crippen molar-refractivity contribution in [1.29, 1.82) is 0 Å². The van der Waals surface area contributed by atoms with Crippen LogP contribution in [0.3, 0.4) is 0 Å². The molecular formula is C19H23NO3S. The number of ether oxygens (including phenoxy) is 1. The third-order valence-electron chi connectivity index (χ3n) is 3.59. The van der Waals surface area contributed by atoms with Crippen molar-refractivity contribution in [3.8, 4) is 0 Å². The summed E-state index contributed by atoms with van der Waals surface area (Å²) < 4.78 is 5.18. The van der Waals surface area contributed by atoms with Crippen molar-refractivity contribution < 1.29 is 14.3 Å². The number of esters is 1. The van der Waals surface area contributed by atoms with Gasteiger partial charge in [0.25, 0.3) is 5.91 Å². The van der Waals surface area contributed by atoms with E-state index >= 15 is 0 Å². The number of carbonyl (C=O) groups excluding carboxylic acids is 2. The van der Waals surface area contributed by atoms with Crippen molar-refractivity contribution in [2.75, 3.05) is 11.9 Å². The molecule has 1 aromatic carbocycles. The lowest BCUT2D eigenvalue weighted by atomic mass is 10.0. The van der Waals surface area contributed by atoms with Gasteiger partial charge in [-0.2, -0.15) is 0 Å². The van der Waals surface area contributed by atoms with Crippen LogP contribution in [0.4, 0.5) is 5.00 Å². The Bertz CT molecular complexity index is 734. The first-order valence-corrected chi connectivity index (χ1v) is 8.96. The zero-order valence-corrected chi connectivity index (χ0v) is 15.3. The maximum absolute atomic E-state index is 12.5. The van der Waals surface area contributed by atoms with Crippen LogP contribution in [0.25, 0.3) is 0 Å². The first kappa shape index (κ1) is 18.2. The van der Waals surface area contributed by atoms with Crippen molar-refractivity contribution in [3.05, 3.63) is 51.9 Å². The molecule has 0 unspecified atom stereocenters. The molecule has 1 amide bonds. The summed E-state index contributed by atoms with van der Waals surface area (Å²) in [6.45, 7) is 8.16. The monoisotopic (exact) mass is 345 g/mol. The van der Waals surface area contributed by atoms with Gasteiger partial charge in [-0.15, -0.1) is 11.3 Å². The maximum atomic E-state index is 12.5. The molecule has 0 aliphatic heterocycles. The van der Waals surface area contributed by atoms with Gasteiger partial charge in [-0.05, 0) is 48.8 Å². The van der Waals surface area contributed by atoms with Crippen LogP contribution in [-0.4, -0.2) is 18.5 Å². The predicted octanol–water partition coefficient (Wildman–Crippen LogP) is 4.68. The summed E-state index contributed by atoms with van der Waals surface area (Å²) in [7, 11) is 0. The van der Waals surface area contributed by atoms with E-state index in [9.17, 15) is 9.59 Å². The minimum atomic E-state index is -0.380. The molecule has 0 fully saturated rings. The minimum absolute atomic E-state index is 0.211. The van der Waals surface area contributed by atoms with Gasteiger partial charge in [0, 0.05) is 5.56 Å². The van der Waals surface area contributed by atoms with Gasteiger partial charge < -0.3 is 10.1 Å². The first-order valence-electron chi connectivity index (χ1n) is 8.08. The second-order valence-electron chi connectivity index (χ2n) is 6.05. The summed E-state index contributed by atoms with van der Waals surface area (Å²) in [6, 6.07) is 7.38. The first-order chi connectivity index (χ1) is 11.4. The highest BCUT2D eigenvalue weighted by atomic mass is 32.1. The van der Waals surface area contributed by atoms with Crippen molar-refractivity contribution >= 4 is 28.2 Å². The third kappa shape index (κ3) is 4.23. The summed E-state index contributed by atoms with van der Waals surface area (Å²) in [5.74, 6) is -0.182. The molecule has 0 atom stereocenters. The summed E-state index contributed by atoms with van der Waals surface area (Å²) in [6.07, 6.45) is 0.769. The Morgan fingerprint density at radius 2 is 1.96 bits per heavy atom. The van der Waals surface area contributed by atoms with Gasteiger partial charge in [-0.25, -0.2) is 4.79 Å². The number of aryl methyl sites for hydroxylation is 1. The molecule has 1 heterocycles. The van der Waals surface area contributed by atoms with E-state index in [2.05, 4.69) is 19.2 Å². The average molecular weight is 345 g/mol. The zero-order chi connectivity index (χ0) is 17.7. The summed E-state index contributed by atoms with van der Waals surface area (Å²) in [5.41, 5.74) is 2.91. The Hall–Kier alpha value is -2.14. The number of carbonyl (C=O) groups is 2. The van der Waals surface area contributed by atoms with Crippen LogP contribution >= 0.6 is 11.3 Å². The fourth-order valence-corrected chi connectivity index (χ4v) is 3.46. The minimum Gasteiger partial charge on any atom is -0.462 e. The molecule has 0 saturated carbocycles. The van der Waals surface area contributed by atoms with Gasteiger partial charge >= 0.3 is 5.97 Å². The van der Waals surface area contributed by atoms with E-state index < -0.39 is 0 Å². The fourth-order valence-electron chi connectivity index (χ4n) is 2.50. The lowest BCUT2D eigenvalue weighted by molar-refractivity contribution is 0.0527. The van der Waals surface area contributed by atoms with E-state index in [0.29, 0.717) is 28.7 Å². The van der Waals surface area contributed by atoms with Gasteiger partial charge in [-0.1, -0.05) is 32.0 Å². The van der Waals surface area contributed by atoms with E-state index in [-0.39, 0.29) is 11.9 Å². The largest absolute Gasteiger partial charge is 0.462 e. The molecule has 1 N–H and O–H groups in total. The lowest BCUT2D eigenvalue weighted by Gasteiger charge is -2.10. The number of anilines is 1. The van der Waals surface area contributed by atoms with Crippen molar-refractivity contribution in [3.63, 3.8) is 0 Å². The lowest BCUT2D eigenvalue weighted by Crippen LogP contribution is -2.16. The van der Waals surface area contributed by atoms with Crippen molar-refractivity contribution in [2.45, 2.75) is 34.1 Å². The molecule has 2 rings (SSSR count). The smallest absolute Gasteiger partial charge is 0.341 e. The highest BCUT2D eigenvalue weighted by Gasteiger charge is 2.22. The maximum Gasteiger partial charge on any atom is 0.341 e. The number of hydrogen-bond donors (Lipinski definition) is 1. The molecule has 24 heavy (non-hydrogen) atoms. The number of amides is 1. The molecule has 0 bridgehead atoms. The molecule has 5 heteroatoms. The quantitative estimate of drug-likeness (QED) is 0.773. The molecule has 0 aliphatic carbocycles. The summed E-state index contributed by atoms with van der Waals surface area (Å²) >= 11 is 1.37. The third-order valence-corrected chi connectivity index (χ3v) is 4.54. The van der Waals surface area contributed by atoms with Gasteiger partial charge in [0.1, 0.15) is 5.00 Å². The Morgan fingerprint density at radius 3 is 2.58 bits per heavy atom. The SMILES string of the molecule is CCOC(=O)c1c(CC(C)C)csc1NC(=O)c1ccccc1C. The second-order valence-corrected chi connectivity index (χ2v) is 6.93. The topological polar surface area (TPSA) is 55.4 Å². The number of rotatable bonds is 6. The molecular weight excluding hydrogens is 322 g/mol. The van der Waals surface area contributed by atoms with Crippen molar-refractivity contribution in [2.24, 2.45) is 5.92 Å². The van der Waals surface area contributed by atoms with Gasteiger partial charge in [0.05, 0.1) is 12.2 Å². The normalized spacial score (nSPS) is 10.7. The molecule has 1 aromatic heterocycles. The molecule has 4 nitrogen and oxygen atoms in total. The number of hydrogen-bond acceptors (Lipinski definition) is 4. The van der Waals surface area contributed by atoms with E-state index in [1.54, 1.807) is 13.0 Å². The molecule has 0 radical (unpaired) electrons. The molecule has 128 valence electrons. The second kappa shape index (κ2) is 8.11. The van der Waals surface area contributed by atoms with Crippen LogP contribution in [0.15, 0.2) is 29.6 Å². The molecule has 0 aliphatic rings. The van der Waals surface area contributed by atoms with Gasteiger partial charge in [-0.3, -0.25) is 4.79 Å². The standard InChI is InChI=1S/C19H23NO3S/c1-5-23-19(22)16-14(10-12(2)3)11-24-18(16)20-17(21)15-9-7-6-8-13(15)4/h6-9,11-12H,5,10H2,1-4H3,(H,20,21). The number of nitrogens with one attached hydrogen (secondary N) is 1. The predicted molar refractivity (Wildman–Crippen MR) is 97.9 cm³/mol. The fraction of sp³-hybridized carbons (Fsp3) is 0.368. The van der Waals surface area contributed by atoms with Crippen LogP contribution in [-0.2, 0) is 11.2 Å². The van der Waals surface area contributed by atoms with Crippen LogP contribution in [0.2, 0.25) is 0 Å². The molecule has 2 aromatic rings. The highest BCUT2D eigenvalue weighted by Crippen LogP contribution is 2.31. The zero-order valence-electron chi connectivity index (χ0n) is 14.5. The Kier molecular flexibility index (Phi) is 6.15. The Morgan fingerprint density at radius 1 is 1.25 bits per heavy atom. The molecule has 0 saturated heterocycles. The van der Waals surface area contributed by atoms with E-state index in [1.807, 2.05) is 30.5 Å². The highest BCUT2D eigenvalue weighted by molar-refractivity contribution is 7.15. The van der Waals surface area contributed by atoms with E-state index in [0.717, 1.165) is 17.5 Å². The Labute approximate surface area is 146 Å². The summed E-state index contributed by atoms with van der Waals surface area (Å²) in [5, 5.41) is 5.36. The van der Waals surface area contributed by atoms with E-state index in [1.165, 1.54) is 11.3 Å².